The Morgan fingerprint density at radius 1 is 1.24 bits per heavy atom. The fourth-order valence-electron chi connectivity index (χ4n) is 3.57. The zero-order chi connectivity index (χ0) is 23.4. The van der Waals surface area contributed by atoms with Crippen molar-refractivity contribution >= 4 is 17.3 Å². The van der Waals surface area contributed by atoms with Gasteiger partial charge in [-0.25, -0.2) is 4.98 Å². The van der Waals surface area contributed by atoms with Crippen LogP contribution >= 0.6 is 11.6 Å². The van der Waals surface area contributed by atoms with E-state index in [1.54, 1.807) is 56.4 Å². The van der Waals surface area contributed by atoms with Gasteiger partial charge in [0.2, 0.25) is 5.88 Å². The topological polar surface area (TPSA) is 98.5 Å². The van der Waals surface area contributed by atoms with Crippen molar-refractivity contribution in [2.24, 2.45) is 5.92 Å². The Balaban J connectivity index is 1.43. The normalized spacial score (nSPS) is 16.4. The monoisotopic (exact) mass is 470 g/mol. The number of halogens is 1. The minimum atomic E-state index is -0.921. The molecule has 1 fully saturated rings. The number of nitrogens with one attached hydrogen (secondary N) is 1. The molecule has 0 amide bonds. The molecule has 1 atom stereocenters. The minimum Gasteiger partial charge on any atom is -0.439 e. The van der Waals surface area contributed by atoms with Crippen molar-refractivity contribution in [3.63, 3.8) is 0 Å². The van der Waals surface area contributed by atoms with E-state index >= 15 is 0 Å². The first-order valence-corrected chi connectivity index (χ1v) is 11.3. The molecule has 0 radical (unpaired) electrons. The van der Waals surface area contributed by atoms with E-state index in [9.17, 15) is 9.90 Å². The second-order valence-electron chi connectivity index (χ2n) is 8.59. The second kappa shape index (κ2) is 9.91. The standard InChI is InChI=1S/C24H27ClN4O4/c1-24(2,31)17-5-8-19(9-6-17)33-21-10-7-18(13-27-21)29-23(30)22(25)20(14-28-29)26-12-16-4-3-11-32-15-16/h5-10,13-14,16,26,31H,3-4,11-12,15H2,1-2H3. The maximum absolute atomic E-state index is 12.8. The zero-order valence-corrected chi connectivity index (χ0v) is 19.4. The first kappa shape index (κ1) is 23.2. The van der Waals surface area contributed by atoms with E-state index < -0.39 is 11.2 Å². The molecule has 9 heteroatoms. The predicted octanol–water partition coefficient (Wildman–Crippen LogP) is 4.14. The molecule has 3 heterocycles. The van der Waals surface area contributed by atoms with Crippen LogP contribution in [0.4, 0.5) is 5.69 Å². The van der Waals surface area contributed by atoms with Gasteiger partial charge < -0.3 is 19.9 Å². The van der Waals surface area contributed by atoms with Crippen molar-refractivity contribution in [1.29, 1.82) is 0 Å². The van der Waals surface area contributed by atoms with E-state index in [-0.39, 0.29) is 5.02 Å². The molecule has 0 saturated carbocycles. The lowest BCUT2D eigenvalue weighted by atomic mass is 9.99. The Kier molecular flexibility index (Phi) is 6.97. The highest BCUT2D eigenvalue weighted by molar-refractivity contribution is 6.32. The number of anilines is 1. The first-order chi connectivity index (χ1) is 15.8. The molecule has 4 rings (SSSR count). The van der Waals surface area contributed by atoms with Crippen LogP contribution in [0, 0.1) is 5.92 Å². The lowest BCUT2D eigenvalue weighted by Gasteiger charge is -2.22. The summed E-state index contributed by atoms with van der Waals surface area (Å²) in [5.74, 6) is 1.34. The summed E-state index contributed by atoms with van der Waals surface area (Å²) < 4.78 is 12.4. The highest BCUT2D eigenvalue weighted by Gasteiger charge is 2.17. The highest BCUT2D eigenvalue weighted by atomic mass is 35.5. The first-order valence-electron chi connectivity index (χ1n) is 10.9. The van der Waals surface area contributed by atoms with Gasteiger partial charge in [-0.1, -0.05) is 23.7 Å². The molecule has 1 aromatic carbocycles. The van der Waals surface area contributed by atoms with Crippen LogP contribution < -0.4 is 15.6 Å². The number of rotatable bonds is 7. The molecule has 1 aliphatic rings. The van der Waals surface area contributed by atoms with Gasteiger partial charge in [0.25, 0.3) is 5.56 Å². The molecule has 0 bridgehead atoms. The largest absolute Gasteiger partial charge is 0.439 e. The van der Waals surface area contributed by atoms with Crippen molar-refractivity contribution in [2.75, 3.05) is 25.1 Å². The number of ether oxygens (including phenoxy) is 2. The van der Waals surface area contributed by atoms with Gasteiger partial charge in [0.15, 0.2) is 0 Å². The maximum atomic E-state index is 12.8. The smallest absolute Gasteiger partial charge is 0.292 e. The van der Waals surface area contributed by atoms with Crippen LogP contribution in [-0.4, -0.2) is 39.6 Å². The second-order valence-corrected chi connectivity index (χ2v) is 8.97. The molecule has 1 saturated heterocycles. The third-order valence-corrected chi connectivity index (χ3v) is 5.87. The van der Waals surface area contributed by atoms with Gasteiger partial charge in [-0.2, -0.15) is 9.78 Å². The van der Waals surface area contributed by atoms with Crippen LogP contribution in [0.2, 0.25) is 5.02 Å². The molecule has 2 N–H and O–H groups in total. The van der Waals surface area contributed by atoms with E-state index in [2.05, 4.69) is 15.4 Å². The number of benzene rings is 1. The quantitative estimate of drug-likeness (QED) is 0.535. The summed E-state index contributed by atoms with van der Waals surface area (Å²) in [5, 5.41) is 17.6. The number of hydrogen-bond acceptors (Lipinski definition) is 7. The van der Waals surface area contributed by atoms with Gasteiger partial charge in [-0.3, -0.25) is 4.79 Å². The van der Waals surface area contributed by atoms with Gasteiger partial charge in [-0.05, 0) is 56.4 Å². The molecule has 1 aliphatic heterocycles. The summed E-state index contributed by atoms with van der Waals surface area (Å²) in [6, 6.07) is 10.5. The maximum Gasteiger partial charge on any atom is 0.292 e. The Morgan fingerprint density at radius 2 is 2.03 bits per heavy atom. The molecule has 174 valence electrons. The van der Waals surface area contributed by atoms with Gasteiger partial charge in [0, 0.05) is 19.2 Å². The van der Waals surface area contributed by atoms with Crippen LogP contribution in [0.1, 0.15) is 32.3 Å². The summed E-state index contributed by atoms with van der Waals surface area (Å²) >= 11 is 6.32. The number of hydrogen-bond donors (Lipinski definition) is 2. The molecule has 0 spiro atoms. The Labute approximate surface area is 197 Å². The number of pyridine rings is 1. The fraction of sp³-hybridized carbons (Fsp3) is 0.375. The van der Waals surface area contributed by atoms with Crippen molar-refractivity contribution in [2.45, 2.75) is 32.3 Å². The van der Waals surface area contributed by atoms with Crippen molar-refractivity contribution in [3.05, 3.63) is 69.7 Å². The Morgan fingerprint density at radius 3 is 2.67 bits per heavy atom. The summed E-state index contributed by atoms with van der Waals surface area (Å²) in [4.78, 5) is 17.0. The van der Waals surface area contributed by atoms with Crippen LogP contribution in [0.25, 0.3) is 5.69 Å². The summed E-state index contributed by atoms with van der Waals surface area (Å²) in [7, 11) is 0. The Hall–Kier alpha value is -2.94. The van der Waals surface area contributed by atoms with Crippen LogP contribution in [0.15, 0.2) is 53.6 Å². The van der Waals surface area contributed by atoms with Gasteiger partial charge in [0.1, 0.15) is 10.8 Å². The molecular weight excluding hydrogens is 444 g/mol. The van der Waals surface area contributed by atoms with Crippen LogP contribution in [-0.2, 0) is 10.3 Å². The van der Waals surface area contributed by atoms with E-state index in [4.69, 9.17) is 21.1 Å². The third kappa shape index (κ3) is 5.71. The molecular formula is C24H27ClN4O4. The number of aromatic nitrogens is 3. The lowest BCUT2D eigenvalue weighted by Crippen LogP contribution is -2.26. The van der Waals surface area contributed by atoms with Gasteiger partial charge in [0.05, 0.1) is 36.0 Å². The van der Waals surface area contributed by atoms with Gasteiger partial charge >= 0.3 is 0 Å². The van der Waals surface area contributed by atoms with Crippen molar-refractivity contribution in [3.8, 4) is 17.3 Å². The summed E-state index contributed by atoms with van der Waals surface area (Å²) in [6.07, 6.45) is 5.16. The molecule has 33 heavy (non-hydrogen) atoms. The molecule has 0 aliphatic carbocycles. The average molecular weight is 471 g/mol. The summed E-state index contributed by atoms with van der Waals surface area (Å²) in [6.45, 7) is 5.63. The third-order valence-electron chi connectivity index (χ3n) is 5.50. The summed E-state index contributed by atoms with van der Waals surface area (Å²) in [5.41, 5.74) is 0.407. The lowest BCUT2D eigenvalue weighted by molar-refractivity contribution is 0.0595. The van der Waals surface area contributed by atoms with Crippen LogP contribution in [0.5, 0.6) is 11.6 Å². The zero-order valence-electron chi connectivity index (χ0n) is 18.6. The molecule has 1 unspecified atom stereocenters. The molecule has 2 aromatic heterocycles. The SMILES string of the molecule is CC(C)(O)c1ccc(Oc2ccc(-n3ncc(NCC4CCCOC4)c(Cl)c3=O)cn2)cc1. The van der Waals surface area contributed by atoms with Gasteiger partial charge in [-0.15, -0.1) is 0 Å². The average Bonchev–Trinajstić information content (AvgIpc) is 2.81. The number of nitrogens with zero attached hydrogens (tertiary/aromatic N) is 3. The van der Waals surface area contributed by atoms with Crippen molar-refractivity contribution < 1.29 is 14.6 Å². The van der Waals surface area contributed by atoms with E-state index in [1.165, 1.54) is 10.9 Å². The Bertz CT molecular complexity index is 1140. The van der Waals surface area contributed by atoms with Crippen LogP contribution in [0.3, 0.4) is 0 Å². The predicted molar refractivity (Wildman–Crippen MR) is 126 cm³/mol. The van der Waals surface area contributed by atoms with E-state index in [1.807, 2.05) is 0 Å². The fourth-order valence-corrected chi connectivity index (χ4v) is 3.77. The van der Waals surface area contributed by atoms with Crippen molar-refractivity contribution in [1.82, 2.24) is 14.8 Å². The number of aliphatic hydroxyl groups is 1. The molecule has 3 aromatic rings. The van der Waals surface area contributed by atoms with E-state index in [0.717, 1.165) is 25.0 Å². The molecule has 8 nitrogen and oxygen atoms in total. The van der Waals surface area contributed by atoms with E-state index in [0.29, 0.717) is 42.1 Å². The highest BCUT2D eigenvalue weighted by Crippen LogP contribution is 2.25. The minimum absolute atomic E-state index is 0.0777.